The molecule has 10 nitrogen and oxygen atoms in total. The molecule has 198 valence electrons. The van der Waals surface area contributed by atoms with Crippen LogP contribution in [0.2, 0.25) is 0 Å². The average Bonchev–Trinajstić information content (AvgIpc) is 3.30. The van der Waals surface area contributed by atoms with Crippen LogP contribution in [0, 0.1) is 0 Å². The van der Waals surface area contributed by atoms with Crippen molar-refractivity contribution in [2.45, 2.75) is 37.2 Å². The van der Waals surface area contributed by atoms with E-state index in [9.17, 15) is 30.0 Å². The number of rotatable bonds is 6. The van der Waals surface area contributed by atoms with Gasteiger partial charge in [-0.1, -0.05) is 42.5 Å². The van der Waals surface area contributed by atoms with Crippen LogP contribution in [0.25, 0.3) is 21.7 Å². The Labute approximate surface area is 217 Å². The highest BCUT2D eigenvalue weighted by atomic mass is 16.6. The quantitative estimate of drug-likeness (QED) is 0.238. The van der Waals surface area contributed by atoms with E-state index in [2.05, 4.69) is 11.4 Å². The molecule has 1 aliphatic heterocycles. The first-order valence-corrected chi connectivity index (χ1v) is 12.1. The summed E-state index contributed by atoms with van der Waals surface area (Å²) in [6, 6.07) is 17.5. The molecular formula is C28H28N2O8. The smallest absolute Gasteiger partial charge is 0.337 e. The first kappa shape index (κ1) is 25.8. The van der Waals surface area contributed by atoms with Crippen molar-refractivity contribution >= 4 is 33.6 Å². The number of nitrogens with zero attached hydrogens (tertiary/aromatic N) is 1. The molecule has 10 heteroatoms. The fraction of sp³-hybridized carbons (Fsp3) is 0.286. The van der Waals surface area contributed by atoms with Gasteiger partial charge in [-0.2, -0.15) is 0 Å². The largest absolute Gasteiger partial charge is 0.465 e. The van der Waals surface area contributed by atoms with Gasteiger partial charge < -0.3 is 39.8 Å². The third-order valence-corrected chi connectivity index (χ3v) is 6.91. The van der Waals surface area contributed by atoms with Gasteiger partial charge in [0.15, 0.2) is 6.29 Å². The molecule has 0 bridgehead atoms. The molecule has 1 aliphatic rings. The Bertz CT molecular complexity index is 1500. The van der Waals surface area contributed by atoms with Gasteiger partial charge in [-0.3, -0.25) is 4.79 Å². The Hall–Kier alpha value is -3.80. The summed E-state index contributed by atoms with van der Waals surface area (Å²) in [5.41, 5.74) is 2.12. The number of benzene rings is 3. The van der Waals surface area contributed by atoms with Gasteiger partial charge in [-0.25, -0.2) is 4.79 Å². The fourth-order valence-electron chi connectivity index (χ4n) is 4.86. The maximum atomic E-state index is 13.4. The van der Waals surface area contributed by atoms with Crippen molar-refractivity contribution in [1.29, 1.82) is 0 Å². The van der Waals surface area contributed by atoms with Gasteiger partial charge in [0.05, 0.1) is 24.8 Å². The molecule has 5 rings (SSSR count). The number of hydrogen-bond donors (Lipinski definition) is 5. The van der Waals surface area contributed by atoms with Crippen molar-refractivity contribution in [3.63, 3.8) is 0 Å². The van der Waals surface area contributed by atoms with Crippen LogP contribution in [0.4, 0.5) is 0 Å². The third-order valence-electron chi connectivity index (χ3n) is 6.91. The number of amides is 1. The summed E-state index contributed by atoms with van der Waals surface area (Å²) < 4.78 is 11.8. The second-order valence-electron chi connectivity index (χ2n) is 9.30. The number of ether oxygens (including phenoxy) is 2. The Morgan fingerprint density at radius 3 is 2.50 bits per heavy atom. The molecule has 1 fully saturated rings. The lowest BCUT2D eigenvalue weighted by Crippen LogP contribution is -2.64. The first-order chi connectivity index (χ1) is 18.3. The number of hydrogen-bond acceptors (Lipinski definition) is 8. The highest BCUT2D eigenvalue weighted by Crippen LogP contribution is 2.27. The molecule has 3 aromatic carbocycles. The number of carbonyl (C=O) groups excluding carboxylic acids is 2. The van der Waals surface area contributed by atoms with E-state index in [1.54, 1.807) is 24.4 Å². The fourth-order valence-corrected chi connectivity index (χ4v) is 4.86. The first-order valence-electron chi connectivity index (χ1n) is 12.1. The second-order valence-corrected chi connectivity index (χ2v) is 9.30. The molecule has 5 N–H and O–H groups in total. The van der Waals surface area contributed by atoms with E-state index in [1.807, 2.05) is 41.0 Å². The summed E-state index contributed by atoms with van der Waals surface area (Å²) in [5.74, 6) is -1.14. The van der Waals surface area contributed by atoms with Crippen molar-refractivity contribution in [1.82, 2.24) is 9.88 Å². The normalized spacial score (nSPS) is 23.4. The lowest BCUT2D eigenvalue weighted by molar-refractivity contribution is -0.252. The maximum absolute atomic E-state index is 13.4. The Kier molecular flexibility index (Phi) is 7.15. The van der Waals surface area contributed by atoms with E-state index in [-0.39, 0.29) is 5.56 Å². The van der Waals surface area contributed by atoms with Crippen LogP contribution < -0.4 is 5.32 Å². The zero-order valence-corrected chi connectivity index (χ0v) is 20.5. The molecule has 0 radical (unpaired) electrons. The number of esters is 1. The van der Waals surface area contributed by atoms with Crippen LogP contribution in [-0.4, -0.2) is 81.2 Å². The van der Waals surface area contributed by atoms with E-state index >= 15 is 0 Å². The predicted molar refractivity (Wildman–Crippen MR) is 138 cm³/mol. The number of nitrogens with one attached hydrogen (secondary N) is 1. The monoisotopic (exact) mass is 520 g/mol. The van der Waals surface area contributed by atoms with Crippen molar-refractivity contribution in [2.75, 3.05) is 13.7 Å². The van der Waals surface area contributed by atoms with Gasteiger partial charge in [0.25, 0.3) is 5.91 Å². The van der Waals surface area contributed by atoms with Crippen LogP contribution in [0.15, 0.2) is 66.9 Å². The molecule has 1 amide bonds. The predicted octanol–water partition coefficient (Wildman–Crippen LogP) is 1.16. The van der Waals surface area contributed by atoms with Crippen LogP contribution in [-0.2, 0) is 16.0 Å². The topological polar surface area (TPSA) is 150 Å². The number of aliphatic hydroxyl groups excluding tert-OH is 4. The number of aromatic nitrogens is 1. The lowest BCUT2D eigenvalue weighted by atomic mass is 9.96. The summed E-state index contributed by atoms with van der Waals surface area (Å²) >= 11 is 0. The minimum atomic E-state index is -1.65. The summed E-state index contributed by atoms with van der Waals surface area (Å²) in [6.07, 6.45) is -4.28. The van der Waals surface area contributed by atoms with E-state index in [0.717, 1.165) is 16.3 Å². The Morgan fingerprint density at radius 1 is 1.00 bits per heavy atom. The summed E-state index contributed by atoms with van der Waals surface area (Å²) in [4.78, 5) is 25.6. The maximum Gasteiger partial charge on any atom is 0.337 e. The number of fused-ring (bicyclic) bond motifs is 2. The van der Waals surface area contributed by atoms with E-state index in [4.69, 9.17) is 9.47 Å². The molecule has 0 spiro atoms. The second kappa shape index (κ2) is 10.5. The molecule has 2 heterocycles. The van der Waals surface area contributed by atoms with Crippen molar-refractivity contribution in [3.05, 3.63) is 83.6 Å². The highest BCUT2D eigenvalue weighted by molar-refractivity contribution is 6.08. The SMILES string of the molecule is COC(=O)c1ccc2c(C(=O)N[C@H]3C(O)O[C@H](CO)[C@@H](O)[C@@H]3O)cn(Cc3ccc4ccccc4c3)c2c1. The van der Waals surface area contributed by atoms with Gasteiger partial charge >= 0.3 is 5.97 Å². The molecule has 38 heavy (non-hydrogen) atoms. The number of methoxy groups -OCH3 is 1. The molecule has 1 aromatic heterocycles. The minimum Gasteiger partial charge on any atom is -0.465 e. The average molecular weight is 521 g/mol. The standard InChI is InChI=1S/C28H28N2O8/c1-37-27(35)18-8-9-19-20(26(34)29-23-25(33)24(32)22(14-31)38-28(23)36)13-30(21(19)11-18)12-15-6-7-16-4-2-3-5-17(16)10-15/h2-11,13,22-25,28,31-33,36H,12,14H2,1H3,(H,29,34)/t22-,23-,24-,25-,28?/m1/s1. The van der Waals surface area contributed by atoms with Crippen LogP contribution >= 0.6 is 0 Å². The van der Waals surface area contributed by atoms with Gasteiger partial charge in [-0.05, 0) is 34.5 Å². The highest BCUT2D eigenvalue weighted by Gasteiger charge is 2.44. The van der Waals surface area contributed by atoms with Crippen LogP contribution in [0.5, 0.6) is 0 Å². The zero-order valence-electron chi connectivity index (χ0n) is 20.5. The molecule has 1 unspecified atom stereocenters. The molecule has 5 atom stereocenters. The van der Waals surface area contributed by atoms with E-state index in [0.29, 0.717) is 23.0 Å². The van der Waals surface area contributed by atoms with Gasteiger partial charge in [0, 0.05) is 23.6 Å². The number of carbonyl (C=O) groups is 2. The Morgan fingerprint density at radius 2 is 1.76 bits per heavy atom. The van der Waals surface area contributed by atoms with Gasteiger partial charge in [0.1, 0.15) is 24.4 Å². The van der Waals surface area contributed by atoms with Gasteiger partial charge in [0.2, 0.25) is 0 Å². The van der Waals surface area contributed by atoms with E-state index in [1.165, 1.54) is 7.11 Å². The molecular weight excluding hydrogens is 492 g/mol. The Balaban J connectivity index is 1.51. The molecule has 1 saturated heterocycles. The zero-order chi connectivity index (χ0) is 27.0. The minimum absolute atomic E-state index is 0.232. The van der Waals surface area contributed by atoms with Crippen molar-refractivity contribution in [2.24, 2.45) is 0 Å². The number of aliphatic hydroxyl groups is 4. The van der Waals surface area contributed by atoms with Crippen molar-refractivity contribution in [3.8, 4) is 0 Å². The van der Waals surface area contributed by atoms with Crippen LogP contribution in [0.1, 0.15) is 26.3 Å². The third kappa shape index (κ3) is 4.75. The van der Waals surface area contributed by atoms with Gasteiger partial charge in [-0.15, -0.1) is 0 Å². The molecule has 0 aliphatic carbocycles. The van der Waals surface area contributed by atoms with E-state index < -0.39 is 49.1 Å². The summed E-state index contributed by atoms with van der Waals surface area (Å²) in [5, 5.41) is 45.5. The lowest BCUT2D eigenvalue weighted by Gasteiger charge is -2.40. The summed E-state index contributed by atoms with van der Waals surface area (Å²) in [7, 11) is 1.29. The summed E-state index contributed by atoms with van der Waals surface area (Å²) in [6.45, 7) is -0.214. The molecule has 0 saturated carbocycles. The molecule has 4 aromatic rings. The van der Waals surface area contributed by atoms with Crippen LogP contribution in [0.3, 0.4) is 0 Å². The van der Waals surface area contributed by atoms with Crippen molar-refractivity contribution < 1.29 is 39.5 Å².